The highest BCUT2D eigenvalue weighted by Crippen LogP contribution is 2.20. The number of aromatic nitrogens is 2. The van der Waals surface area contributed by atoms with Crippen molar-refractivity contribution in [2.75, 3.05) is 6.61 Å². The molecule has 0 aliphatic carbocycles. The van der Waals surface area contributed by atoms with Gasteiger partial charge in [-0.05, 0) is 48.0 Å². The summed E-state index contributed by atoms with van der Waals surface area (Å²) < 4.78 is 32.6. The average molecular weight is 494 g/mol. The van der Waals surface area contributed by atoms with Crippen LogP contribution in [0.3, 0.4) is 0 Å². The van der Waals surface area contributed by atoms with E-state index in [1.54, 1.807) is 48.5 Å². The van der Waals surface area contributed by atoms with Crippen LogP contribution in [0.4, 0.5) is 0 Å². The molecule has 0 aliphatic rings. The van der Waals surface area contributed by atoms with Crippen LogP contribution in [0.2, 0.25) is 5.02 Å². The number of ether oxygens (including phenoxy) is 1. The number of benzene rings is 3. The molecule has 4 aromatic rings. The Hall–Kier alpha value is -3.75. The lowest BCUT2D eigenvalue weighted by Crippen LogP contribution is -2.30. The lowest BCUT2D eigenvalue weighted by atomic mass is 10.1. The third-order valence-corrected chi connectivity index (χ3v) is 6.49. The van der Waals surface area contributed by atoms with Gasteiger partial charge in [0.2, 0.25) is 5.88 Å². The summed E-state index contributed by atoms with van der Waals surface area (Å²) in [4.78, 5) is 12.6. The first-order valence-corrected chi connectivity index (χ1v) is 12.2. The number of halogens is 1. The van der Waals surface area contributed by atoms with Crippen molar-refractivity contribution < 1.29 is 17.9 Å². The molecule has 172 valence electrons. The van der Waals surface area contributed by atoms with Gasteiger partial charge in [-0.1, -0.05) is 54.1 Å². The second-order valence-electron chi connectivity index (χ2n) is 7.31. The van der Waals surface area contributed by atoms with E-state index in [9.17, 15) is 13.2 Å². The van der Waals surface area contributed by atoms with Crippen LogP contribution in [0, 0.1) is 0 Å². The highest BCUT2D eigenvalue weighted by Gasteiger charge is 2.18. The van der Waals surface area contributed by atoms with Crippen LogP contribution >= 0.6 is 11.6 Å². The fourth-order valence-electron chi connectivity index (χ4n) is 3.13. The maximum atomic E-state index is 12.6. The molecule has 0 aliphatic heterocycles. The number of nitrogens with one attached hydrogen (secondary N) is 1. The topological polar surface area (TPSA) is 98.2 Å². The van der Waals surface area contributed by atoms with E-state index in [0.29, 0.717) is 35.2 Å². The Balaban J connectivity index is 1.40. The quantitative estimate of drug-likeness (QED) is 0.387. The predicted molar refractivity (Wildman–Crippen MR) is 129 cm³/mol. The van der Waals surface area contributed by atoms with Gasteiger partial charge in [-0.25, -0.2) is 13.1 Å². The number of nitrogens with zero attached hydrogens (tertiary/aromatic N) is 2. The van der Waals surface area contributed by atoms with Crippen LogP contribution in [0.15, 0.2) is 95.9 Å². The summed E-state index contributed by atoms with van der Waals surface area (Å²) in [5, 5.41) is 8.94. The summed E-state index contributed by atoms with van der Waals surface area (Å²) in [7, 11) is -3.97. The summed E-state index contributed by atoms with van der Waals surface area (Å²) in [6, 6.07) is 25.2. The molecule has 1 aromatic heterocycles. The van der Waals surface area contributed by atoms with Crippen LogP contribution in [0.5, 0.6) is 5.88 Å². The minimum atomic E-state index is -3.97. The molecule has 0 bridgehead atoms. The van der Waals surface area contributed by atoms with Crippen molar-refractivity contribution in [2.24, 2.45) is 0 Å². The van der Waals surface area contributed by atoms with E-state index in [2.05, 4.69) is 14.9 Å². The summed E-state index contributed by atoms with van der Waals surface area (Å²) >= 11 is 5.89. The molecule has 0 unspecified atom stereocenters. The van der Waals surface area contributed by atoms with Crippen LogP contribution in [-0.2, 0) is 16.4 Å². The number of rotatable bonds is 8. The first-order valence-electron chi connectivity index (χ1n) is 10.3. The summed E-state index contributed by atoms with van der Waals surface area (Å²) in [5.41, 5.74) is 2.41. The largest absolute Gasteiger partial charge is 0.476 e. The molecule has 0 saturated heterocycles. The SMILES string of the molecule is O=C(NS(=O)(=O)c1ccccc1)c1cccc(-c2ccc(OCCc3ccc(Cl)cc3)nn2)c1. The standard InChI is InChI=1S/C25H20ClN3O4S/c26-21-11-9-18(10-12-21)15-16-33-24-14-13-23(27-28-24)19-5-4-6-20(17-19)25(30)29-34(31,32)22-7-2-1-3-8-22/h1-14,17H,15-16H2,(H,29,30). The Kier molecular flexibility index (Phi) is 7.20. The minimum Gasteiger partial charge on any atom is -0.476 e. The van der Waals surface area contributed by atoms with E-state index in [0.717, 1.165) is 5.56 Å². The maximum absolute atomic E-state index is 12.6. The molecular weight excluding hydrogens is 474 g/mol. The average Bonchev–Trinajstić information content (AvgIpc) is 2.86. The van der Waals surface area contributed by atoms with Gasteiger partial charge < -0.3 is 4.74 Å². The number of hydrogen-bond acceptors (Lipinski definition) is 6. The number of carbonyl (C=O) groups excluding carboxylic acids is 1. The first-order chi connectivity index (χ1) is 16.4. The highest BCUT2D eigenvalue weighted by molar-refractivity contribution is 7.90. The van der Waals surface area contributed by atoms with E-state index in [-0.39, 0.29) is 10.5 Å². The van der Waals surface area contributed by atoms with Gasteiger partial charge in [0.05, 0.1) is 17.2 Å². The van der Waals surface area contributed by atoms with E-state index in [1.165, 1.54) is 18.2 Å². The van der Waals surface area contributed by atoms with Gasteiger partial charge in [-0.3, -0.25) is 4.79 Å². The monoisotopic (exact) mass is 493 g/mol. The van der Waals surface area contributed by atoms with Crippen molar-refractivity contribution in [1.82, 2.24) is 14.9 Å². The lowest BCUT2D eigenvalue weighted by Gasteiger charge is -2.08. The van der Waals surface area contributed by atoms with Gasteiger partial charge in [0.1, 0.15) is 0 Å². The predicted octanol–water partition coefficient (Wildman–Crippen LogP) is 4.54. The van der Waals surface area contributed by atoms with Crippen LogP contribution in [-0.4, -0.2) is 31.1 Å². The molecule has 0 spiro atoms. The lowest BCUT2D eigenvalue weighted by molar-refractivity contribution is 0.0981. The van der Waals surface area contributed by atoms with Crippen LogP contribution in [0.1, 0.15) is 15.9 Å². The first kappa shape index (κ1) is 23.4. The van der Waals surface area contributed by atoms with Gasteiger partial charge in [0.15, 0.2) is 0 Å². The molecule has 0 radical (unpaired) electrons. The molecule has 7 nitrogen and oxygen atoms in total. The molecular formula is C25H20ClN3O4S. The smallest absolute Gasteiger partial charge is 0.265 e. The molecule has 34 heavy (non-hydrogen) atoms. The third kappa shape index (κ3) is 5.98. The summed E-state index contributed by atoms with van der Waals surface area (Å²) in [5.74, 6) is -0.360. The zero-order chi connectivity index (χ0) is 24.0. The second-order valence-corrected chi connectivity index (χ2v) is 9.43. The Bertz CT molecular complexity index is 1380. The van der Waals surface area contributed by atoms with Crippen molar-refractivity contribution in [2.45, 2.75) is 11.3 Å². The molecule has 3 aromatic carbocycles. The normalized spacial score (nSPS) is 11.1. The fraction of sp³-hybridized carbons (Fsp3) is 0.0800. The van der Waals surface area contributed by atoms with Gasteiger partial charge in [0.25, 0.3) is 15.9 Å². The number of carbonyl (C=O) groups is 1. The van der Waals surface area contributed by atoms with Gasteiger partial charge in [-0.2, -0.15) is 0 Å². The summed E-state index contributed by atoms with van der Waals surface area (Å²) in [6.45, 7) is 0.432. The third-order valence-electron chi connectivity index (χ3n) is 4.90. The molecule has 4 rings (SSSR count). The van der Waals surface area contributed by atoms with Crippen LogP contribution < -0.4 is 9.46 Å². The number of sulfonamides is 1. The zero-order valence-electron chi connectivity index (χ0n) is 17.9. The molecule has 1 N–H and O–H groups in total. The van der Waals surface area contributed by atoms with Crippen molar-refractivity contribution in [3.8, 4) is 17.1 Å². The van der Waals surface area contributed by atoms with Crippen molar-refractivity contribution in [3.05, 3.63) is 107 Å². The van der Waals surface area contributed by atoms with Gasteiger partial charge in [0, 0.05) is 28.6 Å². The van der Waals surface area contributed by atoms with E-state index in [1.807, 2.05) is 24.3 Å². The molecule has 0 fully saturated rings. The van der Waals surface area contributed by atoms with Crippen molar-refractivity contribution >= 4 is 27.5 Å². The summed E-state index contributed by atoms with van der Waals surface area (Å²) in [6.07, 6.45) is 0.698. The van der Waals surface area contributed by atoms with Gasteiger partial charge >= 0.3 is 0 Å². The Morgan fingerprint density at radius 1 is 0.882 bits per heavy atom. The molecule has 0 atom stereocenters. The van der Waals surface area contributed by atoms with E-state index >= 15 is 0 Å². The minimum absolute atomic E-state index is 0.0111. The molecule has 9 heteroatoms. The second kappa shape index (κ2) is 10.5. The van der Waals surface area contributed by atoms with Crippen molar-refractivity contribution in [1.29, 1.82) is 0 Å². The highest BCUT2D eigenvalue weighted by atomic mass is 35.5. The van der Waals surface area contributed by atoms with Crippen molar-refractivity contribution in [3.63, 3.8) is 0 Å². The number of hydrogen-bond donors (Lipinski definition) is 1. The maximum Gasteiger partial charge on any atom is 0.265 e. The molecule has 1 heterocycles. The Morgan fingerprint density at radius 3 is 2.35 bits per heavy atom. The zero-order valence-corrected chi connectivity index (χ0v) is 19.5. The Labute approximate surface area is 202 Å². The molecule has 0 saturated carbocycles. The number of amides is 1. The van der Waals surface area contributed by atoms with Crippen LogP contribution in [0.25, 0.3) is 11.3 Å². The Morgan fingerprint density at radius 2 is 1.65 bits per heavy atom. The van der Waals surface area contributed by atoms with E-state index in [4.69, 9.17) is 16.3 Å². The van der Waals surface area contributed by atoms with Gasteiger partial charge in [-0.15, -0.1) is 10.2 Å². The fourth-order valence-corrected chi connectivity index (χ4v) is 4.26. The molecule has 1 amide bonds. The van der Waals surface area contributed by atoms with E-state index < -0.39 is 15.9 Å².